The van der Waals surface area contributed by atoms with E-state index in [1.807, 2.05) is 0 Å². The molecule has 3 rings (SSSR count). The third kappa shape index (κ3) is 5.48. The topological polar surface area (TPSA) is 104 Å². The Bertz CT molecular complexity index is 1240. The second kappa shape index (κ2) is 9.23. The first-order valence-corrected chi connectivity index (χ1v) is 12.4. The van der Waals surface area contributed by atoms with Gasteiger partial charge in [-0.2, -0.15) is 13.2 Å². The fourth-order valence-electron chi connectivity index (χ4n) is 3.78. The van der Waals surface area contributed by atoms with Crippen molar-refractivity contribution in [1.29, 1.82) is 0 Å². The van der Waals surface area contributed by atoms with E-state index in [-0.39, 0.29) is 17.1 Å². The largest absolute Gasteiger partial charge is 0.421 e. The molecule has 0 saturated carbocycles. The van der Waals surface area contributed by atoms with Crippen molar-refractivity contribution >= 4 is 27.3 Å². The molecule has 0 bridgehead atoms. The predicted molar refractivity (Wildman–Crippen MR) is 119 cm³/mol. The van der Waals surface area contributed by atoms with Gasteiger partial charge in [0.1, 0.15) is 12.2 Å². The second-order valence-corrected chi connectivity index (χ2v) is 10.7. The molecule has 190 valence electrons. The Labute approximate surface area is 199 Å². The van der Waals surface area contributed by atoms with Crippen molar-refractivity contribution < 1.29 is 40.7 Å². The third-order valence-electron chi connectivity index (χ3n) is 5.78. The number of halogens is 4. The molecular formula is C23H24F4N2O5S. The Morgan fingerprint density at radius 2 is 1.77 bits per heavy atom. The zero-order valence-electron chi connectivity index (χ0n) is 19.1. The summed E-state index contributed by atoms with van der Waals surface area (Å²) in [4.78, 5) is 27.0. The van der Waals surface area contributed by atoms with Gasteiger partial charge in [0.2, 0.25) is 5.91 Å². The number of fused-ring (bicyclic) bond motifs is 1. The third-order valence-corrected chi connectivity index (χ3v) is 6.89. The average molecular weight is 517 g/mol. The van der Waals surface area contributed by atoms with Crippen LogP contribution in [-0.2, 0) is 31.6 Å². The minimum Gasteiger partial charge on any atom is -0.376 e. The molecule has 2 N–H and O–H groups in total. The number of carbonyl (C=O) groups is 2. The molecule has 0 spiro atoms. The lowest BCUT2D eigenvalue weighted by atomic mass is 9.95. The second-order valence-electron chi connectivity index (χ2n) is 8.68. The van der Waals surface area contributed by atoms with Crippen LogP contribution in [0.2, 0.25) is 0 Å². The van der Waals surface area contributed by atoms with Gasteiger partial charge in [-0.05, 0) is 54.8 Å². The number of hydrogen-bond acceptors (Lipinski definition) is 5. The number of aliphatic hydroxyl groups is 1. The minimum absolute atomic E-state index is 0.00382. The first kappa shape index (κ1) is 26.6. The van der Waals surface area contributed by atoms with E-state index < -0.39 is 57.6 Å². The fourth-order valence-corrected chi connectivity index (χ4v) is 4.46. The highest BCUT2D eigenvalue weighted by molar-refractivity contribution is 7.90. The van der Waals surface area contributed by atoms with Gasteiger partial charge >= 0.3 is 6.18 Å². The van der Waals surface area contributed by atoms with E-state index in [9.17, 15) is 40.7 Å². The smallest absolute Gasteiger partial charge is 0.376 e. The van der Waals surface area contributed by atoms with Gasteiger partial charge in [0.15, 0.2) is 15.4 Å². The Morgan fingerprint density at radius 3 is 2.29 bits per heavy atom. The maximum absolute atomic E-state index is 13.5. The SMILES string of the molecule is C[C@H](F)CC(=O)N1Cc2cc(S(C)(=O)=O)ccc2C1C(=O)Nc1ccc(C(C)(O)C(F)(F)F)cc1. The molecule has 0 aliphatic carbocycles. The number of nitrogens with one attached hydrogen (secondary N) is 1. The number of nitrogens with zero attached hydrogens (tertiary/aromatic N) is 1. The van der Waals surface area contributed by atoms with Crippen molar-refractivity contribution in [1.82, 2.24) is 4.90 Å². The van der Waals surface area contributed by atoms with E-state index in [0.717, 1.165) is 23.3 Å². The summed E-state index contributed by atoms with van der Waals surface area (Å²) in [7, 11) is -3.56. The molecule has 12 heteroatoms. The van der Waals surface area contributed by atoms with Crippen molar-refractivity contribution in [3.63, 3.8) is 0 Å². The molecule has 2 unspecified atom stereocenters. The molecule has 1 heterocycles. The summed E-state index contributed by atoms with van der Waals surface area (Å²) < 4.78 is 76.5. The first-order valence-electron chi connectivity index (χ1n) is 10.5. The van der Waals surface area contributed by atoms with Gasteiger partial charge in [-0.1, -0.05) is 18.2 Å². The van der Waals surface area contributed by atoms with Crippen molar-refractivity contribution in [3.05, 3.63) is 59.2 Å². The Morgan fingerprint density at radius 1 is 1.17 bits per heavy atom. The number of alkyl halides is 4. The number of rotatable bonds is 6. The van der Waals surface area contributed by atoms with Crippen molar-refractivity contribution in [2.75, 3.05) is 11.6 Å². The highest BCUT2D eigenvalue weighted by atomic mass is 32.2. The van der Waals surface area contributed by atoms with Crippen molar-refractivity contribution in [3.8, 4) is 0 Å². The highest BCUT2D eigenvalue weighted by Gasteiger charge is 2.51. The number of benzene rings is 2. The Balaban J connectivity index is 1.92. The molecule has 2 aromatic carbocycles. The summed E-state index contributed by atoms with van der Waals surface area (Å²) in [5.41, 5.74) is -2.67. The maximum atomic E-state index is 13.5. The standard InChI is InChI=1S/C23H24F4N2O5S/c1-13(24)10-19(30)29-12-14-11-17(35(3,33)34)8-9-18(14)20(29)21(31)28-16-6-4-15(5-7-16)22(2,32)23(25,26)27/h4-9,11,13,20,32H,10,12H2,1-3H3,(H,28,31)/t13-,20?,22?/m0/s1. The van der Waals surface area contributed by atoms with Crippen LogP contribution in [0.5, 0.6) is 0 Å². The molecule has 7 nitrogen and oxygen atoms in total. The summed E-state index contributed by atoms with van der Waals surface area (Å²) in [6.07, 6.45) is -5.86. The van der Waals surface area contributed by atoms with Crippen LogP contribution in [0.25, 0.3) is 0 Å². The molecule has 1 aliphatic heterocycles. The molecule has 35 heavy (non-hydrogen) atoms. The van der Waals surface area contributed by atoms with Crippen LogP contribution in [0.1, 0.15) is 43.0 Å². The molecular weight excluding hydrogens is 492 g/mol. The summed E-state index contributed by atoms with van der Waals surface area (Å²) >= 11 is 0. The molecule has 0 aromatic heterocycles. The van der Waals surface area contributed by atoms with Gasteiger partial charge < -0.3 is 15.3 Å². The quantitative estimate of drug-likeness (QED) is 0.571. The molecule has 0 saturated heterocycles. The van der Waals surface area contributed by atoms with Gasteiger partial charge in [0.25, 0.3) is 5.91 Å². The first-order chi connectivity index (χ1) is 16.0. The predicted octanol–water partition coefficient (Wildman–Crippen LogP) is 3.63. The van der Waals surface area contributed by atoms with Crippen molar-refractivity contribution in [2.24, 2.45) is 0 Å². The van der Waals surface area contributed by atoms with Crippen LogP contribution in [0.3, 0.4) is 0 Å². The molecule has 0 fully saturated rings. The zero-order valence-corrected chi connectivity index (χ0v) is 19.9. The number of carbonyl (C=O) groups excluding carboxylic acids is 2. The van der Waals surface area contributed by atoms with Crippen molar-refractivity contribution in [2.45, 2.75) is 55.7 Å². The van der Waals surface area contributed by atoms with E-state index in [0.29, 0.717) is 18.1 Å². The number of sulfone groups is 1. The zero-order chi connectivity index (χ0) is 26.3. The lowest BCUT2D eigenvalue weighted by molar-refractivity contribution is -0.258. The normalized spacial score (nSPS) is 18.5. The van der Waals surface area contributed by atoms with Crippen LogP contribution >= 0.6 is 0 Å². The van der Waals surface area contributed by atoms with Gasteiger partial charge in [-0.25, -0.2) is 12.8 Å². The maximum Gasteiger partial charge on any atom is 0.421 e. The van der Waals surface area contributed by atoms with Gasteiger partial charge in [0, 0.05) is 18.5 Å². The van der Waals surface area contributed by atoms with Gasteiger partial charge in [-0.3, -0.25) is 9.59 Å². The molecule has 0 radical (unpaired) electrons. The Hall–Kier alpha value is -2.99. The summed E-state index contributed by atoms with van der Waals surface area (Å²) in [5, 5.41) is 12.3. The Kier molecular flexibility index (Phi) is 7.02. The van der Waals surface area contributed by atoms with E-state index >= 15 is 0 Å². The molecule has 2 aromatic rings. The van der Waals surface area contributed by atoms with Crippen LogP contribution in [0.4, 0.5) is 23.2 Å². The average Bonchev–Trinajstić information content (AvgIpc) is 3.11. The van der Waals surface area contributed by atoms with E-state index in [4.69, 9.17) is 0 Å². The monoisotopic (exact) mass is 516 g/mol. The molecule has 2 amide bonds. The van der Waals surface area contributed by atoms with Crippen LogP contribution in [-0.4, -0.2) is 48.8 Å². The number of anilines is 1. The minimum atomic E-state index is -4.91. The number of hydrogen-bond donors (Lipinski definition) is 2. The van der Waals surface area contributed by atoms with Crippen LogP contribution < -0.4 is 5.32 Å². The number of amides is 2. The van der Waals surface area contributed by atoms with Crippen LogP contribution in [0, 0.1) is 0 Å². The molecule has 3 atom stereocenters. The summed E-state index contributed by atoms with van der Waals surface area (Å²) in [5.74, 6) is -1.38. The fraction of sp³-hybridized carbons (Fsp3) is 0.391. The van der Waals surface area contributed by atoms with Crippen LogP contribution in [0.15, 0.2) is 47.4 Å². The van der Waals surface area contributed by atoms with Gasteiger partial charge in [0.05, 0.1) is 11.3 Å². The van der Waals surface area contributed by atoms with E-state index in [1.165, 1.54) is 37.3 Å². The lowest BCUT2D eigenvalue weighted by Crippen LogP contribution is -2.39. The summed E-state index contributed by atoms with van der Waals surface area (Å²) in [6.45, 7) is 1.68. The molecule has 1 aliphatic rings. The highest BCUT2D eigenvalue weighted by Crippen LogP contribution is 2.39. The van der Waals surface area contributed by atoms with Gasteiger partial charge in [-0.15, -0.1) is 0 Å². The van der Waals surface area contributed by atoms with E-state index in [2.05, 4.69) is 5.32 Å². The summed E-state index contributed by atoms with van der Waals surface area (Å²) in [6, 6.07) is 7.22. The van der Waals surface area contributed by atoms with E-state index in [1.54, 1.807) is 0 Å². The lowest BCUT2D eigenvalue weighted by Gasteiger charge is -2.27.